The van der Waals surface area contributed by atoms with Crippen molar-refractivity contribution in [1.29, 1.82) is 0 Å². The van der Waals surface area contributed by atoms with Gasteiger partial charge in [-0.05, 0) is 6.92 Å². The maximum atomic E-state index is 13.0. The number of carbonyl (C=O) groups is 1. The fraction of sp³-hybridized carbons (Fsp3) is 0.889. The van der Waals surface area contributed by atoms with Crippen LogP contribution in [0.25, 0.3) is 0 Å². The predicted octanol–water partition coefficient (Wildman–Crippen LogP) is 2.66. The van der Waals surface area contributed by atoms with E-state index in [0.29, 0.717) is 6.92 Å². The third-order valence-corrected chi connectivity index (χ3v) is 3.73. The van der Waals surface area contributed by atoms with E-state index in [9.17, 15) is 52.7 Å². The van der Waals surface area contributed by atoms with Gasteiger partial charge < -0.3 is 4.74 Å². The Morgan fingerprint density at radius 1 is 1.00 bits per heavy atom. The Morgan fingerprint density at radius 3 is 1.75 bits per heavy atom. The second-order valence-electron chi connectivity index (χ2n) is 4.43. The lowest BCUT2D eigenvalue weighted by Crippen LogP contribution is -2.61. The third-order valence-electron chi connectivity index (χ3n) is 2.65. The summed E-state index contributed by atoms with van der Waals surface area (Å²) in [6.45, 7) is -1.29. The highest BCUT2D eigenvalue weighted by atomic mass is 32.2. The van der Waals surface area contributed by atoms with Crippen LogP contribution in [0.3, 0.4) is 0 Å². The molecule has 1 atom stereocenters. The number of hydrogen-bond acceptors (Lipinski definition) is 4. The van der Waals surface area contributed by atoms with Gasteiger partial charge >= 0.3 is 29.9 Å². The molecule has 0 aromatic rings. The molecule has 0 saturated carbocycles. The smallest absolute Gasteiger partial charge is 0.460 e. The van der Waals surface area contributed by atoms with Crippen LogP contribution >= 0.6 is 0 Å². The zero-order valence-corrected chi connectivity index (χ0v) is 12.2. The molecule has 5 nitrogen and oxygen atoms in total. The first-order valence-electron chi connectivity index (χ1n) is 5.62. The molecular formula is C9H9F9O5S. The van der Waals surface area contributed by atoms with E-state index >= 15 is 0 Å². The summed E-state index contributed by atoms with van der Waals surface area (Å²) in [5, 5.41) is -2.32. The van der Waals surface area contributed by atoms with Crippen molar-refractivity contribution >= 4 is 16.1 Å². The summed E-state index contributed by atoms with van der Waals surface area (Å²) in [7, 11) is -5.02. The molecule has 0 aromatic carbocycles. The largest absolute Gasteiger partial charge is 0.464 e. The van der Waals surface area contributed by atoms with Crippen LogP contribution in [0, 0.1) is 0 Å². The van der Waals surface area contributed by atoms with Gasteiger partial charge in [-0.3, -0.25) is 9.35 Å². The van der Waals surface area contributed by atoms with Crippen molar-refractivity contribution in [3.8, 4) is 0 Å². The van der Waals surface area contributed by atoms with Gasteiger partial charge in [0.05, 0.1) is 13.0 Å². The number of halogens is 9. The SMILES string of the molecule is CC(C(=O)OCCC(F)(F)C(F)(F)C(F)(F)C(F)(F)F)S(=O)(=O)O. The molecule has 0 rings (SSSR count). The number of alkyl halides is 9. The molecule has 0 aliphatic heterocycles. The van der Waals surface area contributed by atoms with Gasteiger partial charge in [0.15, 0.2) is 5.25 Å². The molecule has 1 N–H and O–H groups in total. The minimum absolute atomic E-state index is 0.516. The summed E-state index contributed by atoms with van der Waals surface area (Å²) in [6, 6.07) is 0. The summed E-state index contributed by atoms with van der Waals surface area (Å²) in [5.74, 6) is -21.8. The fourth-order valence-corrected chi connectivity index (χ4v) is 1.39. The molecule has 15 heteroatoms. The predicted molar refractivity (Wildman–Crippen MR) is 57.5 cm³/mol. The highest BCUT2D eigenvalue weighted by Crippen LogP contribution is 2.53. The van der Waals surface area contributed by atoms with Crippen LogP contribution in [0.4, 0.5) is 39.5 Å². The van der Waals surface area contributed by atoms with E-state index < -0.39 is 58.3 Å². The van der Waals surface area contributed by atoms with Crippen LogP contribution in [0.2, 0.25) is 0 Å². The zero-order chi connectivity index (χ0) is 19.8. The Balaban J connectivity index is 5.08. The molecule has 0 saturated heterocycles. The monoisotopic (exact) mass is 400 g/mol. The molecule has 1 unspecified atom stereocenters. The quantitative estimate of drug-likeness (QED) is 0.404. The minimum atomic E-state index is -7.07. The first-order chi connectivity index (χ1) is 10.3. The Kier molecular flexibility index (Phi) is 6.23. The van der Waals surface area contributed by atoms with Gasteiger partial charge in [0.2, 0.25) is 0 Å². The molecule has 0 spiro atoms. The molecule has 0 heterocycles. The maximum absolute atomic E-state index is 13.0. The van der Waals surface area contributed by atoms with Crippen LogP contribution in [0.15, 0.2) is 0 Å². The van der Waals surface area contributed by atoms with Crippen molar-refractivity contribution in [2.24, 2.45) is 0 Å². The van der Waals surface area contributed by atoms with Crippen LogP contribution in [-0.4, -0.2) is 54.7 Å². The van der Waals surface area contributed by atoms with Crippen molar-refractivity contribution in [3.63, 3.8) is 0 Å². The van der Waals surface area contributed by atoms with Gasteiger partial charge in [-0.2, -0.15) is 47.9 Å². The summed E-state index contributed by atoms with van der Waals surface area (Å²) in [6.07, 6.45) is -9.44. The van der Waals surface area contributed by atoms with E-state index in [2.05, 4.69) is 4.74 Å². The molecule has 0 bridgehead atoms. The lowest BCUT2D eigenvalue weighted by atomic mass is 10.0. The standard InChI is InChI=1S/C9H9F9O5S/c1-4(24(20,21)22)5(19)23-3-2-6(10,11)7(12,13)8(14,15)9(16,17)18/h4H,2-3H2,1H3,(H,20,21,22). The van der Waals surface area contributed by atoms with Crippen molar-refractivity contribution in [1.82, 2.24) is 0 Å². The van der Waals surface area contributed by atoms with Crippen molar-refractivity contribution in [2.45, 2.75) is 42.5 Å². The first kappa shape index (κ1) is 22.8. The van der Waals surface area contributed by atoms with Gasteiger partial charge in [-0.25, -0.2) is 0 Å². The van der Waals surface area contributed by atoms with Gasteiger partial charge in [0.1, 0.15) is 0 Å². The number of esters is 1. The molecular weight excluding hydrogens is 391 g/mol. The number of hydrogen-bond donors (Lipinski definition) is 1. The van der Waals surface area contributed by atoms with Crippen molar-refractivity contribution in [2.75, 3.05) is 6.61 Å². The van der Waals surface area contributed by atoms with Gasteiger partial charge in [-0.1, -0.05) is 0 Å². The highest BCUT2D eigenvalue weighted by Gasteiger charge is 2.81. The van der Waals surface area contributed by atoms with E-state index in [-0.39, 0.29) is 0 Å². The molecule has 24 heavy (non-hydrogen) atoms. The van der Waals surface area contributed by atoms with Crippen LogP contribution in [-0.2, 0) is 19.6 Å². The van der Waals surface area contributed by atoms with Crippen LogP contribution in [0.1, 0.15) is 13.3 Å². The molecule has 0 aliphatic rings. The molecule has 0 radical (unpaired) electrons. The van der Waals surface area contributed by atoms with E-state index in [1.165, 1.54) is 0 Å². The number of carbonyl (C=O) groups excluding carboxylic acids is 1. The Bertz CT molecular complexity index is 568. The summed E-state index contributed by atoms with van der Waals surface area (Å²) in [5.41, 5.74) is 0. The van der Waals surface area contributed by atoms with Gasteiger partial charge in [0, 0.05) is 0 Å². The average Bonchev–Trinajstić information content (AvgIpc) is 2.34. The van der Waals surface area contributed by atoms with E-state index in [1.807, 2.05) is 0 Å². The number of rotatable bonds is 7. The van der Waals surface area contributed by atoms with Gasteiger partial charge in [-0.15, -0.1) is 0 Å². The normalized spacial score (nSPS) is 16.0. The Morgan fingerprint density at radius 2 is 1.42 bits per heavy atom. The topological polar surface area (TPSA) is 80.7 Å². The van der Waals surface area contributed by atoms with E-state index in [0.717, 1.165) is 0 Å². The minimum Gasteiger partial charge on any atom is -0.464 e. The molecule has 0 aliphatic carbocycles. The second-order valence-corrected chi connectivity index (χ2v) is 6.16. The lowest BCUT2D eigenvalue weighted by Gasteiger charge is -2.33. The lowest BCUT2D eigenvalue weighted by molar-refractivity contribution is -0.397. The van der Waals surface area contributed by atoms with E-state index in [4.69, 9.17) is 4.55 Å². The molecule has 0 amide bonds. The highest BCUT2D eigenvalue weighted by molar-refractivity contribution is 7.87. The maximum Gasteiger partial charge on any atom is 0.460 e. The number of ether oxygens (including phenoxy) is 1. The molecule has 0 aromatic heterocycles. The van der Waals surface area contributed by atoms with Gasteiger partial charge in [0.25, 0.3) is 10.1 Å². The first-order valence-corrected chi connectivity index (χ1v) is 7.12. The summed E-state index contributed by atoms with van der Waals surface area (Å²) >= 11 is 0. The third kappa shape index (κ3) is 4.43. The van der Waals surface area contributed by atoms with Crippen molar-refractivity contribution in [3.05, 3.63) is 0 Å². The second kappa shape index (κ2) is 6.57. The molecule has 144 valence electrons. The van der Waals surface area contributed by atoms with Crippen molar-refractivity contribution < 1.29 is 62.0 Å². The Hall–Kier alpha value is -1.25. The summed E-state index contributed by atoms with van der Waals surface area (Å²) in [4.78, 5) is 11.0. The molecule has 0 fully saturated rings. The Labute approximate surface area is 128 Å². The van der Waals surface area contributed by atoms with Crippen LogP contribution in [0.5, 0.6) is 0 Å². The summed E-state index contributed by atoms with van der Waals surface area (Å²) < 4.78 is 145. The van der Waals surface area contributed by atoms with E-state index in [1.54, 1.807) is 0 Å². The van der Waals surface area contributed by atoms with Crippen LogP contribution < -0.4 is 0 Å². The fourth-order valence-electron chi connectivity index (χ4n) is 1.08. The average molecular weight is 400 g/mol. The zero-order valence-electron chi connectivity index (χ0n) is 11.4.